The number of hydrogen-bond acceptors (Lipinski definition) is 4. The van der Waals surface area contributed by atoms with Gasteiger partial charge in [-0.1, -0.05) is 116 Å². The van der Waals surface area contributed by atoms with Crippen molar-refractivity contribution in [3.8, 4) is 0 Å². The van der Waals surface area contributed by atoms with Gasteiger partial charge in [0.2, 0.25) is 0 Å². The zero-order valence-corrected chi connectivity index (χ0v) is 27.5. The van der Waals surface area contributed by atoms with Crippen LogP contribution in [0.4, 0.5) is 10.1 Å². The van der Waals surface area contributed by atoms with Crippen LogP contribution in [-0.4, -0.2) is 29.0 Å². The van der Waals surface area contributed by atoms with E-state index in [0.717, 1.165) is 48.1 Å². The van der Waals surface area contributed by atoms with Crippen LogP contribution in [0.3, 0.4) is 0 Å². The van der Waals surface area contributed by atoms with Crippen LogP contribution >= 0.6 is 23.2 Å². The predicted molar refractivity (Wildman–Crippen MR) is 181 cm³/mol. The summed E-state index contributed by atoms with van der Waals surface area (Å²) in [6.45, 7) is 5.21. The first-order chi connectivity index (χ1) is 22.2. The van der Waals surface area contributed by atoms with Crippen LogP contribution < -0.4 is 5.32 Å². The Balaban J connectivity index is 1.46. The highest BCUT2D eigenvalue weighted by atomic mass is 35.5. The van der Waals surface area contributed by atoms with Gasteiger partial charge < -0.3 is 10.1 Å². The molecule has 1 N–H and O–H groups in total. The highest BCUT2D eigenvalue weighted by molar-refractivity contribution is 6.31. The van der Waals surface area contributed by atoms with Crippen molar-refractivity contribution in [3.63, 3.8) is 0 Å². The fourth-order valence-corrected chi connectivity index (χ4v) is 9.86. The minimum atomic E-state index is -0.747. The van der Waals surface area contributed by atoms with E-state index in [0.29, 0.717) is 17.1 Å². The van der Waals surface area contributed by atoms with E-state index in [1.165, 1.54) is 0 Å². The molecule has 4 aromatic rings. The quantitative estimate of drug-likeness (QED) is 0.223. The second kappa shape index (κ2) is 10.8. The molecule has 0 radical (unpaired) electrons. The van der Waals surface area contributed by atoms with Crippen molar-refractivity contribution in [2.75, 3.05) is 11.9 Å². The molecular weight excluding hydrogens is 618 g/mol. The Morgan fingerprint density at radius 1 is 0.826 bits per heavy atom. The van der Waals surface area contributed by atoms with Gasteiger partial charge in [-0.3, -0.25) is 9.69 Å². The minimum Gasteiger partial charge on any atom is -0.454 e. The highest BCUT2D eigenvalue weighted by Crippen LogP contribution is 2.70. The maximum absolute atomic E-state index is 16.5. The third kappa shape index (κ3) is 4.24. The minimum absolute atomic E-state index is 0.0539. The van der Waals surface area contributed by atoms with Crippen molar-refractivity contribution in [1.82, 2.24) is 4.90 Å². The summed E-state index contributed by atoms with van der Waals surface area (Å²) < 4.78 is 23.1. The number of cyclic esters (lactones) is 1. The highest BCUT2D eigenvalue weighted by Gasteiger charge is 2.75. The topological polar surface area (TPSA) is 41.6 Å². The molecule has 4 aromatic carbocycles. The van der Waals surface area contributed by atoms with Gasteiger partial charge in [-0.05, 0) is 71.6 Å². The van der Waals surface area contributed by atoms with Crippen LogP contribution in [-0.2, 0) is 14.9 Å². The third-order valence-corrected chi connectivity index (χ3v) is 12.1. The molecule has 0 amide bonds. The van der Waals surface area contributed by atoms with Gasteiger partial charge in [-0.25, -0.2) is 4.39 Å². The Kier molecular flexibility index (Phi) is 7.06. The average Bonchev–Trinajstić information content (AvgIpc) is 3.55. The molecule has 3 fully saturated rings. The first kappa shape index (κ1) is 30.0. The Morgan fingerprint density at radius 3 is 2.20 bits per heavy atom. The van der Waals surface area contributed by atoms with E-state index >= 15 is 4.39 Å². The van der Waals surface area contributed by atoms with E-state index in [1.54, 1.807) is 12.1 Å². The summed E-state index contributed by atoms with van der Waals surface area (Å²) in [6, 6.07) is 30.6. The number of nitrogens with one attached hydrogen (secondary N) is 1. The number of rotatable bonds is 3. The molecule has 0 aromatic heterocycles. The summed E-state index contributed by atoms with van der Waals surface area (Å²) in [5.74, 6) is -1.37. The predicted octanol–water partition coefficient (Wildman–Crippen LogP) is 9.64. The van der Waals surface area contributed by atoms with E-state index in [-0.39, 0.29) is 22.4 Å². The molecule has 1 aliphatic carbocycles. The molecule has 7 heteroatoms. The van der Waals surface area contributed by atoms with Gasteiger partial charge in [0.05, 0.1) is 11.1 Å². The number of esters is 1. The number of ether oxygens (including phenoxy) is 1. The Bertz CT molecular complexity index is 1810. The lowest BCUT2D eigenvalue weighted by Crippen LogP contribution is -2.63. The monoisotopic (exact) mass is 654 g/mol. The number of benzene rings is 4. The van der Waals surface area contributed by atoms with Crippen molar-refractivity contribution in [2.24, 2.45) is 5.41 Å². The number of carbonyl (C=O) groups excluding carboxylic acids is 1. The molecule has 5 atom stereocenters. The number of anilines is 1. The molecule has 2 saturated heterocycles. The number of halogens is 3. The number of fused-ring (bicyclic) bond motifs is 5. The second-order valence-corrected chi connectivity index (χ2v) is 15.2. The molecule has 4 aliphatic rings. The van der Waals surface area contributed by atoms with Crippen LogP contribution in [0.5, 0.6) is 0 Å². The molecule has 1 saturated carbocycles. The van der Waals surface area contributed by atoms with E-state index < -0.39 is 34.8 Å². The lowest BCUT2D eigenvalue weighted by molar-refractivity contribution is -0.183. The summed E-state index contributed by atoms with van der Waals surface area (Å²) in [7, 11) is 0. The van der Waals surface area contributed by atoms with Crippen LogP contribution in [0.25, 0.3) is 0 Å². The third-order valence-electron chi connectivity index (χ3n) is 11.6. The van der Waals surface area contributed by atoms with Gasteiger partial charge in [0.1, 0.15) is 18.0 Å². The van der Waals surface area contributed by atoms with Crippen molar-refractivity contribution >= 4 is 34.9 Å². The SMILES string of the molecule is CC1(C)CCC2(CC1)N1[C@H](c3ccccc3)[C@H](c3ccccc3)OC(=O)[C@H]1[C@H](c1cccc(Cl)c1F)[C@@]21CNc2cc(Cl)ccc21. The van der Waals surface area contributed by atoms with Crippen molar-refractivity contribution in [1.29, 1.82) is 0 Å². The Labute approximate surface area is 279 Å². The first-order valence-corrected chi connectivity index (χ1v) is 17.0. The maximum atomic E-state index is 16.5. The Morgan fingerprint density at radius 2 is 1.50 bits per heavy atom. The standard InChI is InChI=1S/C39H37Cl2FN2O2/c1-37(2)18-20-38(21-19-37)39(23-43-30-22-26(40)16-17-28(30)39)31(27-14-9-15-29(41)32(27)42)34-36(45)46-35(25-12-7-4-8-13-25)33(44(34)38)24-10-5-3-6-11-24/h3-17,22,31,33-35,43H,18-21,23H2,1-2H3/t31-,33+,34+,35-,39-/m0/s1. The lowest BCUT2D eigenvalue weighted by atomic mass is 9.53. The normalized spacial score (nSPS) is 29.3. The molecule has 236 valence electrons. The number of hydrogen-bond donors (Lipinski definition) is 1. The summed E-state index contributed by atoms with van der Waals surface area (Å²) in [6.07, 6.45) is 3.09. The largest absolute Gasteiger partial charge is 0.454 e. The molecule has 4 nitrogen and oxygen atoms in total. The number of nitrogens with zero attached hydrogens (tertiary/aromatic N) is 1. The summed E-state index contributed by atoms with van der Waals surface area (Å²) >= 11 is 13.1. The van der Waals surface area contributed by atoms with Crippen LogP contribution in [0.2, 0.25) is 10.0 Å². The lowest BCUT2D eigenvalue weighted by Gasteiger charge is -2.57. The number of morpholine rings is 1. The molecule has 2 spiro atoms. The van der Waals surface area contributed by atoms with E-state index in [4.69, 9.17) is 27.9 Å². The van der Waals surface area contributed by atoms with Gasteiger partial charge in [0.15, 0.2) is 0 Å². The van der Waals surface area contributed by atoms with E-state index in [1.807, 2.05) is 66.7 Å². The van der Waals surface area contributed by atoms with Gasteiger partial charge >= 0.3 is 5.97 Å². The molecule has 46 heavy (non-hydrogen) atoms. The van der Waals surface area contributed by atoms with Crippen molar-refractivity contribution < 1.29 is 13.9 Å². The fourth-order valence-electron chi connectivity index (χ4n) is 9.50. The smallest absolute Gasteiger partial charge is 0.324 e. The van der Waals surface area contributed by atoms with Crippen molar-refractivity contribution in [3.05, 3.63) is 135 Å². The van der Waals surface area contributed by atoms with E-state index in [2.05, 4.69) is 42.3 Å². The molecule has 0 bridgehead atoms. The summed E-state index contributed by atoms with van der Waals surface area (Å²) in [5.41, 5.74) is 3.41. The van der Waals surface area contributed by atoms with Crippen LogP contribution in [0.1, 0.15) is 79.8 Å². The van der Waals surface area contributed by atoms with Gasteiger partial charge in [-0.15, -0.1) is 0 Å². The van der Waals surface area contributed by atoms with Crippen molar-refractivity contribution in [2.45, 2.75) is 74.6 Å². The second-order valence-electron chi connectivity index (χ2n) is 14.3. The zero-order chi connectivity index (χ0) is 31.8. The van der Waals surface area contributed by atoms with Crippen LogP contribution in [0.15, 0.2) is 97.1 Å². The molecule has 3 aliphatic heterocycles. The maximum Gasteiger partial charge on any atom is 0.324 e. The molecule has 3 heterocycles. The number of carbonyl (C=O) groups is 1. The Hall–Kier alpha value is -3.38. The first-order valence-electron chi connectivity index (χ1n) is 16.2. The molecule has 0 unspecified atom stereocenters. The summed E-state index contributed by atoms with van der Waals surface area (Å²) in [4.78, 5) is 17.3. The van der Waals surface area contributed by atoms with Crippen LogP contribution in [0, 0.1) is 11.2 Å². The molecular formula is C39H37Cl2FN2O2. The van der Waals surface area contributed by atoms with Gasteiger partial charge in [0, 0.05) is 34.1 Å². The van der Waals surface area contributed by atoms with Gasteiger partial charge in [0.25, 0.3) is 0 Å². The zero-order valence-electron chi connectivity index (χ0n) is 26.0. The average molecular weight is 656 g/mol. The molecule has 8 rings (SSSR count). The van der Waals surface area contributed by atoms with E-state index in [9.17, 15) is 4.79 Å². The van der Waals surface area contributed by atoms with Gasteiger partial charge in [-0.2, -0.15) is 0 Å². The summed E-state index contributed by atoms with van der Waals surface area (Å²) in [5, 5.41) is 4.39. The fraction of sp³-hybridized carbons (Fsp3) is 0.359.